The van der Waals surface area contributed by atoms with E-state index in [2.05, 4.69) is 16.0 Å². The van der Waals surface area contributed by atoms with Crippen LogP contribution in [0.2, 0.25) is 20.1 Å². The van der Waals surface area contributed by atoms with Crippen LogP contribution in [0, 0.1) is 11.8 Å². The van der Waals surface area contributed by atoms with Gasteiger partial charge in [0.15, 0.2) is 13.2 Å². The molecule has 4 aromatic carbocycles. The summed E-state index contributed by atoms with van der Waals surface area (Å²) in [5, 5.41) is 18.5. The molecule has 12 nitrogen and oxygen atoms in total. The van der Waals surface area contributed by atoms with Gasteiger partial charge >= 0.3 is 12.1 Å². The Kier molecular flexibility index (Phi) is 25.9. The van der Waals surface area contributed by atoms with E-state index in [1.807, 2.05) is 12.1 Å². The van der Waals surface area contributed by atoms with E-state index < -0.39 is 12.1 Å². The third-order valence-electron chi connectivity index (χ3n) is 10.5. The lowest BCUT2D eigenvalue weighted by Crippen LogP contribution is -2.41. The molecule has 2 aliphatic carbocycles. The predicted molar refractivity (Wildman–Crippen MR) is 265 cm³/mol. The summed E-state index contributed by atoms with van der Waals surface area (Å²) >= 11 is 28.3. The molecule has 0 atom stereocenters. The Balaban J connectivity index is 0.00000103. The molecule has 0 aromatic heterocycles. The van der Waals surface area contributed by atoms with Gasteiger partial charge in [0.25, 0.3) is 11.8 Å². The molecule has 0 saturated heterocycles. The Bertz CT molecular complexity index is 2170. The lowest BCUT2D eigenvalue weighted by atomic mass is 9.86. The summed E-state index contributed by atoms with van der Waals surface area (Å²) in [5.74, 6) is -0.601. The van der Waals surface area contributed by atoms with Crippen molar-refractivity contribution in [2.75, 3.05) is 26.3 Å². The zero-order chi connectivity index (χ0) is 50.1. The molecule has 0 heterocycles. The summed E-state index contributed by atoms with van der Waals surface area (Å²) in [6.07, 6.45) is 3.51. The maximum atomic E-state index is 12.1. The predicted octanol–water partition coefficient (Wildman–Crippen LogP) is 10.8. The summed E-state index contributed by atoms with van der Waals surface area (Å²) < 4.78 is 42.6. The number of nitrogens with one attached hydrogen (secondary N) is 3. The van der Waals surface area contributed by atoms with Crippen molar-refractivity contribution in [3.05, 3.63) is 128 Å². The number of carbonyl (C=O) groups is 5. The van der Waals surface area contributed by atoms with Gasteiger partial charge in [-0.2, -0.15) is 13.2 Å². The number of rotatable bonds is 15. The molecule has 2 saturated carbocycles. The van der Waals surface area contributed by atoms with E-state index in [1.165, 1.54) is 0 Å². The van der Waals surface area contributed by atoms with Crippen molar-refractivity contribution in [3.63, 3.8) is 0 Å². The third-order valence-corrected chi connectivity index (χ3v) is 11.6. The molecule has 0 radical (unpaired) electrons. The number of benzene rings is 4. The first kappa shape index (κ1) is 57.5. The number of aliphatic carboxylic acids is 1. The SMILES string of the molecule is NCC1CCC(NC(=O)COc2ccc(Cl)cc2)CC1.O=C(Cc1ccc(Cl)cc1)NCC1CCC(NC(=O)COc2ccc(Cl)cc2)CC1.O=C(Cl)Cc1ccc(Cl)cc1.O=C(O)C(F)(F)F.[HH].[HH].[HH]. The van der Waals surface area contributed by atoms with Gasteiger partial charge in [0, 0.05) is 49.4 Å². The molecule has 0 spiro atoms. The van der Waals surface area contributed by atoms with Gasteiger partial charge in [-0.3, -0.25) is 19.2 Å². The standard InChI is InChI=1S/C23H26Cl2N2O3.C15H21ClN2O2.C8H6Cl2O.C2HF3O2.3H2/c24-18-5-1-16(2-6-18)13-22(28)26-14-17-3-9-20(10-4-17)27-23(29)15-30-21-11-7-19(25)8-12-21;16-12-3-7-14(8-4-12)20-10-15(19)18-13-5-1-11(9-17)2-6-13;9-7-3-1-6(2-4-7)5-8(10)11;3-2(4,5)1(6)7;;;/h1-2,5-8,11-12,17,20H,3-4,9-10,13-15H2,(H,26,28)(H,27,29);3-4,7-8,11,13H,1-2,5-6,9-10,17H2,(H,18,19);1-4H,5H2;(H,6,7);3*1H. The fourth-order valence-corrected chi connectivity index (χ4v) is 7.48. The van der Waals surface area contributed by atoms with Gasteiger partial charge in [-0.25, -0.2) is 4.79 Å². The van der Waals surface area contributed by atoms with Gasteiger partial charge in [0.1, 0.15) is 11.5 Å². The van der Waals surface area contributed by atoms with E-state index in [0.29, 0.717) is 56.4 Å². The van der Waals surface area contributed by atoms with Gasteiger partial charge in [-0.15, -0.1) is 0 Å². The van der Waals surface area contributed by atoms with Crippen LogP contribution in [0.1, 0.15) is 66.8 Å². The normalized spacial score (nSPS) is 17.4. The number of hydrogen-bond acceptors (Lipinski definition) is 8. The molecule has 68 heavy (non-hydrogen) atoms. The Labute approximate surface area is 423 Å². The number of nitrogens with two attached hydrogens (primary N) is 1. The number of hydrogen-bond donors (Lipinski definition) is 5. The average Bonchev–Trinajstić information content (AvgIpc) is 3.30. The van der Waals surface area contributed by atoms with Crippen LogP contribution >= 0.6 is 58.0 Å². The van der Waals surface area contributed by atoms with Crippen molar-refractivity contribution >= 4 is 86.9 Å². The minimum absolute atomic E-state index is 0. The summed E-state index contributed by atoms with van der Waals surface area (Å²) in [6, 6.07) is 28.7. The van der Waals surface area contributed by atoms with Crippen LogP contribution in [0.25, 0.3) is 0 Å². The highest BCUT2D eigenvalue weighted by molar-refractivity contribution is 6.63. The first-order valence-electron chi connectivity index (χ1n) is 21.6. The fraction of sp³-hybridized carbons (Fsp3) is 0.396. The number of carbonyl (C=O) groups excluding carboxylic acids is 4. The zero-order valence-electron chi connectivity index (χ0n) is 36.9. The Morgan fingerprint density at radius 1 is 0.574 bits per heavy atom. The van der Waals surface area contributed by atoms with Crippen LogP contribution in [0.5, 0.6) is 11.5 Å². The number of alkyl halides is 3. The van der Waals surface area contributed by atoms with E-state index in [1.54, 1.807) is 84.9 Å². The highest BCUT2D eigenvalue weighted by atomic mass is 35.5. The maximum Gasteiger partial charge on any atom is 0.490 e. The Hall–Kier alpha value is -4.77. The minimum Gasteiger partial charge on any atom is -0.484 e. The first-order chi connectivity index (χ1) is 32.3. The second-order valence-corrected chi connectivity index (χ2v) is 18.0. The van der Waals surface area contributed by atoms with Crippen LogP contribution in [0.15, 0.2) is 97.1 Å². The van der Waals surface area contributed by atoms with Crippen LogP contribution in [-0.4, -0.2) is 78.6 Å². The van der Waals surface area contributed by atoms with Gasteiger partial charge < -0.3 is 36.3 Å². The summed E-state index contributed by atoms with van der Waals surface area (Å²) in [7, 11) is 0. The average molecular weight is 1060 g/mol. The van der Waals surface area contributed by atoms with Gasteiger partial charge in [0.05, 0.1) is 6.42 Å². The smallest absolute Gasteiger partial charge is 0.484 e. The van der Waals surface area contributed by atoms with Crippen LogP contribution in [-0.2, 0) is 36.8 Å². The number of carboxylic acid groups (broad SMARTS) is 1. The molecular weight excluding hydrogens is 995 g/mol. The molecule has 4 aromatic rings. The maximum absolute atomic E-state index is 12.1. The summed E-state index contributed by atoms with van der Waals surface area (Å²) in [6.45, 7) is 1.45. The Morgan fingerprint density at radius 2 is 0.912 bits per heavy atom. The quantitative estimate of drug-likeness (QED) is 0.0723. The van der Waals surface area contributed by atoms with E-state index in [9.17, 15) is 32.3 Å². The van der Waals surface area contributed by atoms with Crippen LogP contribution in [0.4, 0.5) is 13.2 Å². The van der Waals surface area contributed by atoms with E-state index >= 15 is 0 Å². The summed E-state index contributed by atoms with van der Waals surface area (Å²) in [4.78, 5) is 55.4. The monoisotopic (exact) mass is 1050 g/mol. The van der Waals surface area contributed by atoms with Gasteiger partial charge in [0.2, 0.25) is 11.1 Å². The number of amides is 3. The van der Waals surface area contributed by atoms with Crippen molar-refractivity contribution in [2.45, 2.75) is 82.5 Å². The highest BCUT2D eigenvalue weighted by Gasteiger charge is 2.38. The highest BCUT2D eigenvalue weighted by Crippen LogP contribution is 2.25. The topological polar surface area (TPSA) is 186 Å². The van der Waals surface area contributed by atoms with E-state index in [0.717, 1.165) is 69.0 Å². The second kappa shape index (κ2) is 30.7. The molecule has 2 aliphatic rings. The van der Waals surface area contributed by atoms with Crippen molar-refractivity contribution in [3.8, 4) is 11.5 Å². The molecule has 0 aliphatic heterocycles. The molecule has 0 unspecified atom stereocenters. The van der Waals surface area contributed by atoms with Crippen LogP contribution in [0.3, 0.4) is 0 Å². The molecule has 6 N–H and O–H groups in total. The lowest BCUT2D eigenvalue weighted by Gasteiger charge is -2.29. The summed E-state index contributed by atoms with van der Waals surface area (Å²) in [5.41, 5.74) is 7.49. The first-order valence-corrected chi connectivity index (χ1v) is 23.5. The minimum atomic E-state index is -5.08. The van der Waals surface area contributed by atoms with Crippen molar-refractivity contribution in [2.24, 2.45) is 17.6 Å². The lowest BCUT2D eigenvalue weighted by molar-refractivity contribution is -0.192. The molecule has 3 amide bonds. The molecule has 376 valence electrons. The number of ether oxygens (including phenoxy) is 2. The molecular formula is C48H60Cl5F3N4O8. The van der Waals surface area contributed by atoms with E-state index in [4.69, 9.17) is 83.1 Å². The van der Waals surface area contributed by atoms with Crippen molar-refractivity contribution < 1.29 is 56.0 Å². The van der Waals surface area contributed by atoms with Crippen molar-refractivity contribution in [1.82, 2.24) is 16.0 Å². The van der Waals surface area contributed by atoms with E-state index in [-0.39, 0.29) is 59.0 Å². The molecule has 0 bridgehead atoms. The molecule has 6 rings (SSSR count). The zero-order valence-corrected chi connectivity index (χ0v) is 40.6. The van der Waals surface area contributed by atoms with Gasteiger partial charge in [-0.1, -0.05) is 70.7 Å². The molecule has 20 heteroatoms. The molecule has 2 fully saturated rings. The third kappa shape index (κ3) is 25.0. The van der Waals surface area contributed by atoms with Crippen LogP contribution < -0.4 is 31.2 Å². The fourth-order valence-electron chi connectivity index (χ4n) is 6.82. The number of halogens is 8. The largest absolute Gasteiger partial charge is 0.490 e. The second-order valence-electron chi connectivity index (χ2n) is 15.9. The number of carboxylic acids is 1. The van der Waals surface area contributed by atoms with Crippen molar-refractivity contribution in [1.29, 1.82) is 0 Å². The van der Waals surface area contributed by atoms with Gasteiger partial charge in [-0.05, 0) is 165 Å². The Morgan fingerprint density at radius 3 is 1.25 bits per heavy atom.